The minimum absolute atomic E-state index is 0.159. The van der Waals surface area contributed by atoms with Crippen LogP contribution >= 0.6 is 11.8 Å². The van der Waals surface area contributed by atoms with Crippen molar-refractivity contribution in [1.29, 1.82) is 0 Å². The molecule has 0 spiro atoms. The summed E-state index contributed by atoms with van der Waals surface area (Å²) in [5.74, 6) is 0.717. The Hall–Kier alpha value is -2.69. The molecule has 3 rings (SSSR count). The summed E-state index contributed by atoms with van der Waals surface area (Å²) in [5, 5.41) is 12.0. The Morgan fingerprint density at radius 1 is 1.00 bits per heavy atom. The molecule has 0 aliphatic heterocycles. The summed E-state index contributed by atoms with van der Waals surface area (Å²) >= 11 is 1.31. The summed E-state index contributed by atoms with van der Waals surface area (Å²) in [6.07, 6.45) is 0. The summed E-state index contributed by atoms with van der Waals surface area (Å²) in [6, 6.07) is 16.0. The Balaban J connectivity index is 1.63. The number of carbonyl (C=O) groups excluding carboxylic acids is 1. The normalized spacial score (nSPS) is 11.6. The van der Waals surface area contributed by atoms with Gasteiger partial charge in [0.05, 0.1) is 10.6 Å². The summed E-state index contributed by atoms with van der Waals surface area (Å²) in [7, 11) is -3.52. The first-order valence-corrected chi connectivity index (χ1v) is 12.8. The van der Waals surface area contributed by atoms with E-state index in [2.05, 4.69) is 15.5 Å². The average Bonchev–Trinajstić information content (AvgIpc) is 3.22. The fourth-order valence-electron chi connectivity index (χ4n) is 3.23. The molecule has 0 radical (unpaired) electrons. The minimum Gasteiger partial charge on any atom is -0.325 e. The number of carbonyl (C=O) groups is 1. The maximum Gasteiger partial charge on any atom is 0.243 e. The van der Waals surface area contributed by atoms with Crippen LogP contribution in [0, 0.1) is 0 Å². The van der Waals surface area contributed by atoms with Crippen LogP contribution in [0.15, 0.2) is 64.6 Å². The highest BCUT2D eigenvalue weighted by atomic mass is 32.2. The Morgan fingerprint density at radius 2 is 1.66 bits per heavy atom. The van der Waals surface area contributed by atoms with Gasteiger partial charge in [0.15, 0.2) is 11.0 Å². The Bertz CT molecular complexity index is 1140. The SMILES string of the molecule is CCN(CC)S(=O)(=O)c1ccc(NC(=O)CSc2nnc(-c3ccccc3)n2CC)cc1. The van der Waals surface area contributed by atoms with Gasteiger partial charge in [0, 0.05) is 30.9 Å². The Labute approximate surface area is 193 Å². The molecular weight excluding hydrogens is 446 g/mol. The van der Waals surface area contributed by atoms with Gasteiger partial charge in [0.25, 0.3) is 0 Å². The van der Waals surface area contributed by atoms with Gasteiger partial charge in [-0.05, 0) is 31.2 Å². The maximum absolute atomic E-state index is 12.6. The number of nitrogens with one attached hydrogen (secondary N) is 1. The molecule has 1 N–H and O–H groups in total. The van der Waals surface area contributed by atoms with Gasteiger partial charge in [-0.25, -0.2) is 8.42 Å². The zero-order chi connectivity index (χ0) is 23.1. The predicted molar refractivity (Wildman–Crippen MR) is 127 cm³/mol. The number of nitrogens with zero attached hydrogens (tertiary/aromatic N) is 4. The van der Waals surface area contributed by atoms with Crippen LogP contribution < -0.4 is 5.32 Å². The topological polar surface area (TPSA) is 97.2 Å². The van der Waals surface area contributed by atoms with Crippen LogP contribution in [0.1, 0.15) is 20.8 Å². The summed E-state index contributed by atoms with van der Waals surface area (Å²) in [6.45, 7) is 7.11. The molecular formula is C22H27N5O3S2. The van der Waals surface area contributed by atoms with Crippen LogP contribution in [-0.4, -0.2) is 52.2 Å². The Kier molecular flexibility index (Phi) is 8.05. The average molecular weight is 474 g/mol. The van der Waals surface area contributed by atoms with Crippen molar-refractivity contribution in [3.8, 4) is 11.4 Å². The highest BCUT2D eigenvalue weighted by molar-refractivity contribution is 7.99. The third-order valence-corrected chi connectivity index (χ3v) is 7.91. The van der Waals surface area contributed by atoms with Crippen molar-refractivity contribution >= 4 is 33.4 Å². The molecule has 0 saturated heterocycles. The number of hydrogen-bond donors (Lipinski definition) is 1. The van der Waals surface area contributed by atoms with Crippen LogP contribution in [-0.2, 0) is 21.4 Å². The van der Waals surface area contributed by atoms with Crippen molar-refractivity contribution in [2.24, 2.45) is 0 Å². The zero-order valence-corrected chi connectivity index (χ0v) is 20.0. The molecule has 0 fully saturated rings. The molecule has 10 heteroatoms. The van der Waals surface area contributed by atoms with E-state index >= 15 is 0 Å². The van der Waals surface area contributed by atoms with Gasteiger partial charge in [-0.15, -0.1) is 10.2 Å². The molecule has 1 aromatic heterocycles. The molecule has 0 atom stereocenters. The second kappa shape index (κ2) is 10.8. The van der Waals surface area contributed by atoms with Gasteiger partial charge < -0.3 is 9.88 Å². The fourth-order valence-corrected chi connectivity index (χ4v) is 5.49. The molecule has 8 nitrogen and oxygen atoms in total. The largest absolute Gasteiger partial charge is 0.325 e. The van der Waals surface area contributed by atoms with Crippen molar-refractivity contribution in [2.75, 3.05) is 24.2 Å². The van der Waals surface area contributed by atoms with E-state index in [1.165, 1.54) is 28.2 Å². The van der Waals surface area contributed by atoms with Gasteiger partial charge in [-0.2, -0.15) is 4.31 Å². The van der Waals surface area contributed by atoms with Crippen LogP contribution in [0.4, 0.5) is 5.69 Å². The van der Waals surface area contributed by atoms with Gasteiger partial charge in [0.1, 0.15) is 0 Å². The summed E-state index contributed by atoms with van der Waals surface area (Å²) in [5.41, 5.74) is 1.51. The zero-order valence-electron chi connectivity index (χ0n) is 18.4. The standard InChI is InChI=1S/C22H27N5O3S2/c1-4-26(5-2)32(29,30)19-14-12-18(13-15-19)23-20(28)16-31-22-25-24-21(27(22)6-3)17-10-8-7-9-11-17/h7-15H,4-6,16H2,1-3H3,(H,23,28). The molecule has 1 heterocycles. The lowest BCUT2D eigenvalue weighted by molar-refractivity contribution is -0.113. The second-order valence-corrected chi connectivity index (χ2v) is 9.75. The van der Waals surface area contributed by atoms with Gasteiger partial charge in [-0.1, -0.05) is 55.9 Å². The number of anilines is 1. The quantitative estimate of drug-likeness (QED) is 0.451. The van der Waals surface area contributed by atoms with E-state index in [9.17, 15) is 13.2 Å². The summed E-state index contributed by atoms with van der Waals surface area (Å²) in [4.78, 5) is 12.6. The number of sulfonamides is 1. The van der Waals surface area contributed by atoms with E-state index in [0.29, 0.717) is 30.5 Å². The van der Waals surface area contributed by atoms with Crippen LogP contribution in [0.2, 0.25) is 0 Å². The smallest absolute Gasteiger partial charge is 0.243 e. The predicted octanol–water partition coefficient (Wildman–Crippen LogP) is 3.73. The van der Waals surface area contributed by atoms with Crippen LogP contribution in [0.5, 0.6) is 0 Å². The first kappa shape index (κ1) is 24.0. The fraction of sp³-hybridized carbons (Fsp3) is 0.318. The maximum atomic E-state index is 12.6. The van der Waals surface area contributed by atoms with E-state index in [-0.39, 0.29) is 16.6 Å². The Morgan fingerprint density at radius 3 is 2.25 bits per heavy atom. The molecule has 0 bridgehead atoms. The molecule has 0 aliphatic rings. The molecule has 0 saturated carbocycles. The van der Waals surface area contributed by atoms with E-state index < -0.39 is 10.0 Å². The molecule has 3 aromatic rings. The molecule has 32 heavy (non-hydrogen) atoms. The van der Waals surface area contributed by atoms with E-state index in [1.807, 2.05) is 41.8 Å². The molecule has 170 valence electrons. The number of benzene rings is 2. The highest BCUT2D eigenvalue weighted by Gasteiger charge is 2.21. The molecule has 2 aromatic carbocycles. The highest BCUT2D eigenvalue weighted by Crippen LogP contribution is 2.24. The van der Waals surface area contributed by atoms with E-state index in [4.69, 9.17) is 0 Å². The van der Waals surface area contributed by atoms with E-state index in [0.717, 1.165) is 11.4 Å². The van der Waals surface area contributed by atoms with Gasteiger partial charge >= 0.3 is 0 Å². The first-order valence-electron chi connectivity index (χ1n) is 10.4. The molecule has 0 unspecified atom stereocenters. The van der Waals surface area contributed by atoms with Crippen molar-refractivity contribution in [2.45, 2.75) is 37.4 Å². The third kappa shape index (κ3) is 5.37. The van der Waals surface area contributed by atoms with Crippen LogP contribution in [0.3, 0.4) is 0 Å². The van der Waals surface area contributed by atoms with E-state index in [1.54, 1.807) is 26.0 Å². The lowest BCUT2D eigenvalue weighted by Gasteiger charge is -2.18. The van der Waals surface area contributed by atoms with Gasteiger partial charge in [-0.3, -0.25) is 4.79 Å². The lowest BCUT2D eigenvalue weighted by atomic mass is 10.2. The first-order chi connectivity index (χ1) is 15.4. The lowest BCUT2D eigenvalue weighted by Crippen LogP contribution is -2.30. The number of rotatable bonds is 10. The summed E-state index contributed by atoms with van der Waals surface area (Å²) < 4.78 is 28.5. The van der Waals surface area contributed by atoms with Crippen LogP contribution in [0.25, 0.3) is 11.4 Å². The second-order valence-electron chi connectivity index (χ2n) is 6.87. The van der Waals surface area contributed by atoms with Crippen molar-refractivity contribution in [1.82, 2.24) is 19.1 Å². The number of hydrogen-bond acceptors (Lipinski definition) is 6. The molecule has 1 amide bonds. The molecule has 0 aliphatic carbocycles. The van der Waals surface area contributed by atoms with Gasteiger partial charge in [0.2, 0.25) is 15.9 Å². The van der Waals surface area contributed by atoms with Crippen molar-refractivity contribution < 1.29 is 13.2 Å². The van der Waals surface area contributed by atoms with Crippen molar-refractivity contribution in [3.05, 3.63) is 54.6 Å². The number of aromatic nitrogens is 3. The minimum atomic E-state index is -3.52. The number of amides is 1. The monoisotopic (exact) mass is 473 g/mol. The third-order valence-electron chi connectivity index (χ3n) is 4.88. The van der Waals surface area contributed by atoms with Crippen molar-refractivity contribution in [3.63, 3.8) is 0 Å². The number of thioether (sulfide) groups is 1.